The Morgan fingerprint density at radius 2 is 1.29 bits per heavy atom. The summed E-state index contributed by atoms with van der Waals surface area (Å²) < 4.78 is 0. The Hall–Kier alpha value is -0.510. The third-order valence-electron chi connectivity index (χ3n) is 1.83. The molecule has 0 aliphatic heterocycles. The molecule has 2 rings (SSSR count). The van der Waals surface area contributed by atoms with Crippen LogP contribution in [0.1, 0.15) is 0 Å². The number of halogens is 3. The quantitative estimate of drug-likeness (QED) is 0.272. The van der Waals surface area contributed by atoms with Crippen molar-refractivity contribution in [2.24, 2.45) is 5.84 Å². The van der Waals surface area contributed by atoms with Gasteiger partial charge < -0.3 is 5.43 Å². The van der Waals surface area contributed by atoms with Crippen molar-refractivity contribution in [1.82, 2.24) is 19.9 Å². The first-order chi connectivity index (χ1) is 9.98. The number of nitrogens with zero attached hydrogens (tertiary/aromatic N) is 4. The molecule has 6 nitrogen and oxygen atoms in total. The van der Waals surface area contributed by atoms with Gasteiger partial charge in [0.2, 0.25) is 0 Å². The number of hydrazine groups is 1. The summed E-state index contributed by atoms with van der Waals surface area (Å²) in [6.07, 6.45) is 3.73. The molecule has 0 saturated heterocycles. The molecule has 0 radical (unpaired) electrons. The number of aromatic nitrogens is 4. The van der Waals surface area contributed by atoms with Crippen molar-refractivity contribution in [2.45, 2.75) is 10.3 Å². The zero-order chi connectivity index (χ0) is 15.8. The minimum Gasteiger partial charge on any atom is -0.308 e. The van der Waals surface area contributed by atoms with E-state index >= 15 is 0 Å². The average Bonchev–Trinajstić information content (AvgIpc) is 2.46. The summed E-state index contributed by atoms with van der Waals surface area (Å²) in [4.78, 5) is 15.7. The van der Waals surface area contributed by atoms with Gasteiger partial charge in [-0.2, -0.15) is 0 Å². The van der Waals surface area contributed by atoms with E-state index in [4.69, 9.17) is 40.6 Å². The van der Waals surface area contributed by atoms with Crippen molar-refractivity contribution < 1.29 is 0 Å². The van der Waals surface area contributed by atoms with Gasteiger partial charge in [-0.15, -0.1) is 0 Å². The summed E-state index contributed by atoms with van der Waals surface area (Å²) in [6.45, 7) is 0. The second kappa shape index (κ2) is 9.50. The fraction of sp³-hybridized carbons (Fsp3) is 0.200. The van der Waals surface area contributed by atoms with E-state index in [0.717, 1.165) is 0 Å². The molecule has 0 unspecified atom stereocenters. The van der Waals surface area contributed by atoms with E-state index in [1.807, 2.05) is 12.5 Å². The van der Waals surface area contributed by atoms with E-state index in [2.05, 4.69) is 25.4 Å². The summed E-state index contributed by atoms with van der Waals surface area (Å²) >= 11 is 19.6. The van der Waals surface area contributed by atoms with Gasteiger partial charge >= 0.3 is 0 Å². The topological polar surface area (TPSA) is 89.6 Å². The highest BCUT2D eigenvalue weighted by molar-refractivity contribution is 7.98. The molecule has 0 atom stereocenters. The smallest absolute Gasteiger partial charge is 0.190 e. The number of nitrogen functional groups attached to an aromatic ring is 1. The molecule has 0 saturated carbocycles. The molecule has 0 aliphatic carbocycles. The summed E-state index contributed by atoms with van der Waals surface area (Å²) in [5, 5.41) is 2.34. The zero-order valence-electron chi connectivity index (χ0n) is 11.0. The van der Waals surface area contributed by atoms with Crippen LogP contribution in [0.25, 0.3) is 0 Å². The van der Waals surface area contributed by atoms with E-state index in [1.54, 1.807) is 6.07 Å². The number of nitrogens with two attached hydrogens (primary N) is 1. The van der Waals surface area contributed by atoms with Crippen molar-refractivity contribution in [2.75, 3.05) is 17.9 Å². The van der Waals surface area contributed by atoms with Crippen LogP contribution >= 0.6 is 58.3 Å². The van der Waals surface area contributed by atoms with E-state index in [9.17, 15) is 0 Å². The van der Waals surface area contributed by atoms with Crippen LogP contribution in [0.4, 0.5) is 5.82 Å². The Morgan fingerprint density at radius 1 is 0.857 bits per heavy atom. The lowest BCUT2D eigenvalue weighted by atomic mass is 10.6. The Bertz CT molecular complexity index is 559. The lowest BCUT2D eigenvalue weighted by Crippen LogP contribution is -2.09. The number of hydrogen-bond acceptors (Lipinski definition) is 8. The second-order valence-electron chi connectivity index (χ2n) is 3.21. The highest BCUT2D eigenvalue weighted by Gasteiger charge is 1.99. The predicted molar refractivity (Wildman–Crippen MR) is 90.5 cm³/mol. The van der Waals surface area contributed by atoms with Gasteiger partial charge in [-0.1, -0.05) is 58.3 Å². The molecule has 114 valence electrons. The fourth-order valence-electron chi connectivity index (χ4n) is 1.02. The van der Waals surface area contributed by atoms with Crippen LogP contribution in [-0.4, -0.2) is 32.4 Å². The molecule has 0 aromatic carbocycles. The maximum Gasteiger partial charge on any atom is 0.190 e. The predicted octanol–water partition coefficient (Wildman–Crippen LogP) is 3.64. The summed E-state index contributed by atoms with van der Waals surface area (Å²) in [7, 11) is 0. The minimum atomic E-state index is 0.379. The molecule has 0 amide bonds. The zero-order valence-corrected chi connectivity index (χ0v) is 14.9. The summed E-state index contributed by atoms with van der Waals surface area (Å²) in [5.41, 5.74) is 2.39. The van der Waals surface area contributed by atoms with Crippen LogP contribution < -0.4 is 11.3 Å². The van der Waals surface area contributed by atoms with Crippen LogP contribution in [0.2, 0.25) is 15.5 Å². The third kappa shape index (κ3) is 6.86. The number of nitrogens with one attached hydrogen (secondary N) is 1. The van der Waals surface area contributed by atoms with E-state index in [1.165, 1.54) is 29.6 Å². The van der Waals surface area contributed by atoms with E-state index in [0.29, 0.717) is 31.6 Å². The van der Waals surface area contributed by atoms with Crippen LogP contribution in [0.15, 0.2) is 22.4 Å². The van der Waals surface area contributed by atoms with Crippen molar-refractivity contribution in [3.8, 4) is 0 Å². The van der Waals surface area contributed by atoms with Crippen molar-refractivity contribution >= 4 is 64.1 Å². The van der Waals surface area contributed by atoms with Gasteiger partial charge in [0.25, 0.3) is 0 Å². The first-order valence-electron chi connectivity index (χ1n) is 5.27. The number of anilines is 1. The first-order valence-corrected chi connectivity index (χ1v) is 8.86. The Labute approximate surface area is 145 Å². The molecule has 0 fully saturated rings. The molecule has 3 N–H and O–H groups in total. The second-order valence-corrected chi connectivity index (χ2v) is 5.92. The monoisotopic (exact) mass is 384 g/mol. The third-order valence-corrected chi connectivity index (χ3v) is 3.51. The number of hydrogen-bond donors (Lipinski definition) is 2. The molecule has 2 aromatic rings. The van der Waals surface area contributed by atoms with Gasteiger partial charge in [-0.05, 0) is 12.5 Å². The highest BCUT2D eigenvalue weighted by atomic mass is 35.5. The minimum absolute atomic E-state index is 0.379. The maximum absolute atomic E-state index is 5.65. The first kappa shape index (κ1) is 18.5. The van der Waals surface area contributed by atoms with E-state index in [-0.39, 0.29) is 0 Å². The average molecular weight is 386 g/mol. The van der Waals surface area contributed by atoms with Crippen LogP contribution in [-0.2, 0) is 0 Å². The molecule has 0 spiro atoms. The molecule has 0 bridgehead atoms. The molecule has 0 aliphatic rings. The highest BCUT2D eigenvalue weighted by Crippen LogP contribution is 2.17. The van der Waals surface area contributed by atoms with Crippen molar-refractivity contribution in [3.05, 3.63) is 27.6 Å². The summed E-state index contributed by atoms with van der Waals surface area (Å²) in [6, 6.07) is 3.06. The molecular weight excluding hydrogens is 375 g/mol. The molecule has 11 heteroatoms. The molecule has 21 heavy (non-hydrogen) atoms. The Morgan fingerprint density at radius 3 is 1.71 bits per heavy atom. The van der Waals surface area contributed by atoms with Gasteiger partial charge in [0.1, 0.15) is 21.3 Å². The van der Waals surface area contributed by atoms with Gasteiger partial charge in [0.15, 0.2) is 10.3 Å². The van der Waals surface area contributed by atoms with E-state index < -0.39 is 0 Å². The number of thioether (sulfide) groups is 2. The Balaban J connectivity index is 0.000000211. The molecule has 2 aromatic heterocycles. The fourth-order valence-corrected chi connectivity index (χ4v) is 2.54. The Kier molecular flexibility index (Phi) is 8.38. The van der Waals surface area contributed by atoms with Gasteiger partial charge in [0.05, 0.1) is 0 Å². The summed E-state index contributed by atoms with van der Waals surface area (Å²) in [5.74, 6) is 5.66. The standard InChI is InChI=1S/C5H4Cl2N2S.C5H7ClN4S/c1-10-5-8-3(6)2-4(7)9-5;1-11-5-8-3(6)2-4(9-5)10-7/h2H,1H3;2H,7H2,1H3,(H,8,9,10). The van der Waals surface area contributed by atoms with Crippen LogP contribution in [0.3, 0.4) is 0 Å². The largest absolute Gasteiger partial charge is 0.308 e. The van der Waals surface area contributed by atoms with Crippen molar-refractivity contribution in [3.63, 3.8) is 0 Å². The number of rotatable bonds is 3. The lowest BCUT2D eigenvalue weighted by molar-refractivity contribution is 0.967. The van der Waals surface area contributed by atoms with Crippen LogP contribution in [0, 0.1) is 0 Å². The molecular formula is C10H11Cl3N6S2. The van der Waals surface area contributed by atoms with Gasteiger partial charge in [-0.25, -0.2) is 25.8 Å². The lowest BCUT2D eigenvalue weighted by Gasteiger charge is -2.00. The van der Waals surface area contributed by atoms with Gasteiger partial charge in [-0.3, -0.25) is 0 Å². The van der Waals surface area contributed by atoms with Crippen molar-refractivity contribution in [1.29, 1.82) is 0 Å². The molecule has 2 heterocycles. The SMILES string of the molecule is CSc1nc(Cl)cc(Cl)n1.CSc1nc(Cl)cc(NN)n1. The van der Waals surface area contributed by atoms with Gasteiger partial charge in [0, 0.05) is 12.1 Å². The van der Waals surface area contributed by atoms with Crippen LogP contribution in [0.5, 0.6) is 0 Å². The normalized spacial score (nSPS) is 9.81. The maximum atomic E-state index is 5.65.